The number of fused-ring (bicyclic) bond motifs is 1. The van der Waals surface area contributed by atoms with Gasteiger partial charge in [-0.3, -0.25) is 9.36 Å². The van der Waals surface area contributed by atoms with Crippen LogP contribution in [0.25, 0.3) is 10.2 Å². The van der Waals surface area contributed by atoms with Gasteiger partial charge in [-0.05, 0) is 23.6 Å². The molecule has 3 rings (SSSR count). The normalized spacial score (nSPS) is 10.9. The van der Waals surface area contributed by atoms with Crippen LogP contribution in [0, 0.1) is 0 Å². The molecule has 3 heterocycles. The van der Waals surface area contributed by atoms with Gasteiger partial charge in [-0.2, -0.15) is 0 Å². The molecule has 3 aromatic rings. The number of pyridine rings is 1. The molecule has 0 saturated heterocycles. The number of thiophene rings is 1. The van der Waals surface area contributed by atoms with E-state index in [1.165, 1.54) is 11.3 Å². The minimum Gasteiger partial charge on any atom is -0.384 e. The van der Waals surface area contributed by atoms with Crippen LogP contribution < -0.4 is 11.3 Å². The summed E-state index contributed by atoms with van der Waals surface area (Å²) in [6, 6.07) is 7.21. The molecule has 0 aromatic carbocycles. The van der Waals surface area contributed by atoms with E-state index in [9.17, 15) is 4.79 Å². The fraction of sp³-hybridized carbons (Fsp3) is 0.0833. The smallest absolute Gasteiger partial charge is 0.271 e. The van der Waals surface area contributed by atoms with Crippen molar-refractivity contribution in [2.24, 2.45) is 0 Å². The highest BCUT2D eigenvalue weighted by Crippen LogP contribution is 2.13. The molecule has 0 spiro atoms. The maximum atomic E-state index is 12.2. The van der Waals surface area contributed by atoms with Crippen LogP contribution in [-0.4, -0.2) is 14.5 Å². The van der Waals surface area contributed by atoms with Gasteiger partial charge in [0.15, 0.2) is 0 Å². The predicted molar refractivity (Wildman–Crippen MR) is 71.6 cm³/mol. The van der Waals surface area contributed by atoms with Gasteiger partial charge in [0.1, 0.15) is 10.5 Å². The molecule has 0 aliphatic heterocycles. The number of hydrogen-bond donors (Lipinski definition) is 1. The first-order valence-electron chi connectivity index (χ1n) is 5.38. The topological polar surface area (TPSA) is 73.8 Å². The second kappa shape index (κ2) is 4.23. The Morgan fingerprint density at radius 1 is 1.33 bits per heavy atom. The minimum absolute atomic E-state index is 0.0424. The molecule has 0 amide bonds. The Labute approximate surface area is 107 Å². The highest BCUT2D eigenvalue weighted by molar-refractivity contribution is 7.17. The molecular weight excluding hydrogens is 248 g/mol. The van der Waals surface area contributed by atoms with Crippen molar-refractivity contribution in [2.45, 2.75) is 6.54 Å². The third-order valence-electron chi connectivity index (χ3n) is 2.60. The Bertz CT molecular complexity index is 762. The van der Waals surface area contributed by atoms with E-state index >= 15 is 0 Å². The molecule has 5 nitrogen and oxygen atoms in total. The van der Waals surface area contributed by atoms with Crippen LogP contribution in [-0.2, 0) is 6.54 Å². The van der Waals surface area contributed by atoms with Gasteiger partial charge in [-0.15, -0.1) is 11.3 Å². The molecular formula is C12H10N4OS. The van der Waals surface area contributed by atoms with Gasteiger partial charge >= 0.3 is 0 Å². The fourth-order valence-electron chi connectivity index (χ4n) is 1.75. The number of nitrogens with two attached hydrogens (primary N) is 1. The van der Waals surface area contributed by atoms with Gasteiger partial charge in [0, 0.05) is 0 Å². The van der Waals surface area contributed by atoms with Crippen LogP contribution in [0.2, 0.25) is 0 Å². The third-order valence-corrected chi connectivity index (χ3v) is 3.49. The molecule has 0 unspecified atom stereocenters. The summed E-state index contributed by atoms with van der Waals surface area (Å²) in [5.41, 5.74) is 7.05. The summed E-state index contributed by atoms with van der Waals surface area (Å²) in [4.78, 5) is 20.6. The Morgan fingerprint density at radius 2 is 2.22 bits per heavy atom. The first kappa shape index (κ1) is 10.9. The lowest BCUT2D eigenvalue weighted by Crippen LogP contribution is -2.20. The zero-order valence-corrected chi connectivity index (χ0v) is 10.2. The lowest BCUT2D eigenvalue weighted by molar-refractivity contribution is 0.732. The molecule has 0 atom stereocenters. The first-order chi connectivity index (χ1) is 8.74. The number of aromatic nitrogens is 3. The van der Waals surface area contributed by atoms with Crippen molar-refractivity contribution >= 4 is 27.4 Å². The van der Waals surface area contributed by atoms with E-state index in [-0.39, 0.29) is 5.56 Å². The van der Waals surface area contributed by atoms with Gasteiger partial charge < -0.3 is 5.73 Å². The highest BCUT2D eigenvalue weighted by Gasteiger charge is 2.06. The zero-order chi connectivity index (χ0) is 12.5. The average Bonchev–Trinajstić information content (AvgIpc) is 2.82. The average molecular weight is 258 g/mol. The predicted octanol–water partition coefficient (Wildman–Crippen LogP) is 1.48. The maximum absolute atomic E-state index is 12.2. The number of rotatable bonds is 2. The van der Waals surface area contributed by atoms with Gasteiger partial charge in [0.25, 0.3) is 5.56 Å². The van der Waals surface area contributed by atoms with E-state index < -0.39 is 0 Å². The number of nitrogen functional groups attached to an aromatic ring is 1. The summed E-state index contributed by atoms with van der Waals surface area (Å²) < 4.78 is 2.21. The van der Waals surface area contributed by atoms with Crippen molar-refractivity contribution in [1.29, 1.82) is 0 Å². The van der Waals surface area contributed by atoms with Crippen LogP contribution in [0.15, 0.2) is 40.8 Å². The second-order valence-electron chi connectivity index (χ2n) is 3.87. The van der Waals surface area contributed by atoms with Gasteiger partial charge in [0.05, 0.1) is 24.1 Å². The van der Waals surface area contributed by atoms with Crippen LogP contribution in [0.3, 0.4) is 0 Å². The Kier molecular flexibility index (Phi) is 2.56. The lowest BCUT2D eigenvalue weighted by Gasteiger charge is -2.05. The first-order valence-corrected chi connectivity index (χ1v) is 6.26. The van der Waals surface area contributed by atoms with Crippen LogP contribution in [0.1, 0.15) is 5.69 Å². The van der Waals surface area contributed by atoms with E-state index in [0.29, 0.717) is 17.1 Å². The van der Waals surface area contributed by atoms with E-state index in [1.54, 1.807) is 17.0 Å². The van der Waals surface area contributed by atoms with Crippen molar-refractivity contribution < 1.29 is 0 Å². The van der Waals surface area contributed by atoms with Crippen LogP contribution in [0.4, 0.5) is 5.82 Å². The fourth-order valence-corrected chi connectivity index (χ4v) is 2.54. The van der Waals surface area contributed by atoms with E-state index in [0.717, 1.165) is 11.2 Å². The molecule has 2 N–H and O–H groups in total. The molecule has 18 heavy (non-hydrogen) atoms. The van der Waals surface area contributed by atoms with Gasteiger partial charge in [-0.25, -0.2) is 9.97 Å². The molecule has 3 aromatic heterocycles. The third kappa shape index (κ3) is 1.86. The molecule has 90 valence electrons. The van der Waals surface area contributed by atoms with Crippen LogP contribution >= 0.6 is 11.3 Å². The SMILES string of the molecule is Nc1cccc(Cn2cnc3ccsc3c2=O)n1. The number of anilines is 1. The largest absolute Gasteiger partial charge is 0.384 e. The Balaban J connectivity index is 2.05. The summed E-state index contributed by atoms with van der Waals surface area (Å²) >= 11 is 1.40. The summed E-state index contributed by atoms with van der Waals surface area (Å²) in [6.07, 6.45) is 1.54. The van der Waals surface area contributed by atoms with Crippen molar-refractivity contribution in [1.82, 2.24) is 14.5 Å². The van der Waals surface area contributed by atoms with Gasteiger partial charge in [0.2, 0.25) is 0 Å². The van der Waals surface area contributed by atoms with E-state index in [4.69, 9.17) is 5.73 Å². The van der Waals surface area contributed by atoms with Gasteiger partial charge in [-0.1, -0.05) is 6.07 Å². The van der Waals surface area contributed by atoms with Crippen molar-refractivity contribution in [3.8, 4) is 0 Å². The maximum Gasteiger partial charge on any atom is 0.271 e. The molecule has 0 aliphatic rings. The summed E-state index contributed by atoms with van der Waals surface area (Å²) in [5, 5.41) is 1.86. The number of nitrogens with zero attached hydrogens (tertiary/aromatic N) is 3. The molecule has 0 aliphatic carbocycles. The standard InChI is InChI=1S/C12H10N4OS/c13-10-3-1-2-8(15-10)6-16-7-14-9-4-5-18-11(9)12(16)17/h1-5,7H,6H2,(H2,13,15). The van der Waals surface area contributed by atoms with E-state index in [1.807, 2.05) is 23.6 Å². The Morgan fingerprint density at radius 3 is 3.06 bits per heavy atom. The highest BCUT2D eigenvalue weighted by atomic mass is 32.1. The molecule has 0 fully saturated rings. The summed E-state index contributed by atoms with van der Waals surface area (Å²) in [6.45, 7) is 0.380. The quantitative estimate of drug-likeness (QED) is 0.755. The Hall–Kier alpha value is -2.21. The zero-order valence-electron chi connectivity index (χ0n) is 9.41. The second-order valence-corrected chi connectivity index (χ2v) is 4.78. The van der Waals surface area contributed by atoms with Crippen molar-refractivity contribution in [3.05, 3.63) is 52.0 Å². The van der Waals surface area contributed by atoms with E-state index in [2.05, 4.69) is 9.97 Å². The number of hydrogen-bond acceptors (Lipinski definition) is 5. The van der Waals surface area contributed by atoms with Crippen LogP contribution in [0.5, 0.6) is 0 Å². The monoisotopic (exact) mass is 258 g/mol. The lowest BCUT2D eigenvalue weighted by atomic mass is 10.3. The molecule has 6 heteroatoms. The molecule has 0 bridgehead atoms. The molecule has 0 saturated carbocycles. The van der Waals surface area contributed by atoms with Crippen molar-refractivity contribution in [3.63, 3.8) is 0 Å². The molecule has 0 radical (unpaired) electrons. The van der Waals surface area contributed by atoms with Crippen molar-refractivity contribution in [2.75, 3.05) is 5.73 Å². The summed E-state index contributed by atoms with van der Waals surface area (Å²) in [7, 11) is 0. The summed E-state index contributed by atoms with van der Waals surface area (Å²) in [5.74, 6) is 0.450. The minimum atomic E-state index is -0.0424.